The maximum Gasteiger partial charge on any atom is 0.00676 e. The summed E-state index contributed by atoms with van der Waals surface area (Å²) in [6.07, 6.45) is 8.06. The molecule has 0 unspecified atom stereocenters. The summed E-state index contributed by atoms with van der Waals surface area (Å²) in [4.78, 5) is 0. The quantitative estimate of drug-likeness (QED) is 0.474. The number of hydrogen-bond acceptors (Lipinski definition) is 3. The Labute approximate surface area is 165 Å². The molecular formula is C24H37N3. The van der Waals surface area contributed by atoms with Gasteiger partial charge in [-0.3, -0.25) is 0 Å². The topological polar surface area (TPSA) is 64.1 Å². The third-order valence-electron chi connectivity index (χ3n) is 5.31. The van der Waals surface area contributed by atoms with Crippen molar-refractivity contribution in [2.24, 2.45) is 17.4 Å². The molecule has 3 nitrogen and oxygen atoms in total. The molecule has 0 heterocycles. The van der Waals surface area contributed by atoms with E-state index in [4.69, 9.17) is 11.5 Å². The zero-order valence-electron chi connectivity index (χ0n) is 16.7. The van der Waals surface area contributed by atoms with Crippen LogP contribution in [-0.2, 0) is 12.8 Å². The summed E-state index contributed by atoms with van der Waals surface area (Å²) in [5.74, 6) is 0.576. The van der Waals surface area contributed by atoms with Crippen LogP contribution in [0.15, 0.2) is 60.7 Å². The van der Waals surface area contributed by atoms with Crippen molar-refractivity contribution in [2.75, 3.05) is 19.6 Å². The first-order valence-corrected chi connectivity index (χ1v) is 10.5. The maximum atomic E-state index is 6.03. The van der Waals surface area contributed by atoms with Gasteiger partial charge in [-0.15, -0.1) is 0 Å². The van der Waals surface area contributed by atoms with Crippen molar-refractivity contribution in [1.82, 2.24) is 5.32 Å². The van der Waals surface area contributed by atoms with E-state index in [9.17, 15) is 0 Å². The van der Waals surface area contributed by atoms with Crippen LogP contribution in [0.5, 0.6) is 0 Å². The highest BCUT2D eigenvalue weighted by atomic mass is 14.9. The number of rotatable bonds is 14. The highest BCUT2D eigenvalue weighted by Gasteiger charge is 2.11. The summed E-state index contributed by atoms with van der Waals surface area (Å²) in [5, 5.41) is 3.76. The Hall–Kier alpha value is -1.68. The van der Waals surface area contributed by atoms with Gasteiger partial charge in [0.2, 0.25) is 0 Å². The zero-order valence-corrected chi connectivity index (χ0v) is 16.7. The van der Waals surface area contributed by atoms with Gasteiger partial charge in [-0.05, 0) is 75.2 Å². The molecule has 0 saturated heterocycles. The molecule has 0 aliphatic carbocycles. The fraction of sp³-hybridized carbons (Fsp3) is 0.500. The Morgan fingerprint density at radius 3 is 2.00 bits per heavy atom. The predicted octanol–water partition coefficient (Wildman–Crippen LogP) is 3.91. The maximum absolute atomic E-state index is 6.03. The molecule has 2 aromatic rings. The molecule has 0 aromatic heterocycles. The second-order valence-electron chi connectivity index (χ2n) is 7.54. The van der Waals surface area contributed by atoms with Gasteiger partial charge in [0.05, 0.1) is 0 Å². The van der Waals surface area contributed by atoms with Crippen LogP contribution in [-0.4, -0.2) is 25.7 Å². The highest BCUT2D eigenvalue weighted by Crippen LogP contribution is 2.16. The van der Waals surface area contributed by atoms with Gasteiger partial charge in [0.15, 0.2) is 0 Å². The molecule has 2 atom stereocenters. The van der Waals surface area contributed by atoms with Gasteiger partial charge in [-0.1, -0.05) is 67.1 Å². The fourth-order valence-corrected chi connectivity index (χ4v) is 3.68. The van der Waals surface area contributed by atoms with Gasteiger partial charge >= 0.3 is 0 Å². The van der Waals surface area contributed by atoms with E-state index in [-0.39, 0.29) is 0 Å². The van der Waals surface area contributed by atoms with Crippen molar-refractivity contribution in [3.8, 4) is 0 Å². The molecule has 2 aromatic carbocycles. The summed E-state index contributed by atoms with van der Waals surface area (Å²) < 4.78 is 0. The minimum atomic E-state index is 0.562. The van der Waals surface area contributed by atoms with Crippen molar-refractivity contribution in [3.63, 3.8) is 0 Å². The van der Waals surface area contributed by atoms with Gasteiger partial charge in [-0.25, -0.2) is 0 Å². The lowest BCUT2D eigenvalue weighted by atomic mass is 9.92. The van der Waals surface area contributed by atoms with Crippen LogP contribution >= 0.6 is 0 Å². The average molecular weight is 368 g/mol. The number of nitrogens with two attached hydrogens (primary N) is 2. The fourth-order valence-electron chi connectivity index (χ4n) is 3.68. The molecule has 0 fully saturated rings. The third-order valence-corrected chi connectivity index (χ3v) is 5.31. The molecule has 0 bridgehead atoms. The van der Waals surface area contributed by atoms with Crippen molar-refractivity contribution in [3.05, 3.63) is 71.8 Å². The molecule has 0 saturated carbocycles. The second-order valence-corrected chi connectivity index (χ2v) is 7.54. The van der Waals surface area contributed by atoms with Crippen LogP contribution < -0.4 is 16.8 Å². The first-order chi connectivity index (χ1) is 13.3. The molecule has 5 N–H and O–H groups in total. The van der Waals surface area contributed by atoms with E-state index in [0.717, 1.165) is 45.3 Å². The predicted molar refractivity (Wildman–Crippen MR) is 117 cm³/mol. The standard InChI is InChI=1S/C24H37N3/c25-17-8-15-24(27-18-16-21-9-3-1-4-10-21)14-7-13-23(20-26)19-22-11-5-2-6-12-22/h1-6,9-12,23-24,27H,7-8,13-20,25-26H2/t23-,24+/m0/s1. The lowest BCUT2D eigenvalue weighted by Crippen LogP contribution is -2.31. The summed E-state index contributed by atoms with van der Waals surface area (Å²) in [6.45, 7) is 2.57. The van der Waals surface area contributed by atoms with Gasteiger partial charge in [0.25, 0.3) is 0 Å². The summed E-state index contributed by atoms with van der Waals surface area (Å²) in [7, 11) is 0. The van der Waals surface area contributed by atoms with Crippen molar-refractivity contribution >= 4 is 0 Å². The van der Waals surface area contributed by atoms with Gasteiger partial charge in [-0.2, -0.15) is 0 Å². The van der Waals surface area contributed by atoms with E-state index in [1.165, 1.54) is 30.4 Å². The normalized spacial score (nSPS) is 13.4. The Kier molecular flexibility index (Phi) is 10.8. The van der Waals surface area contributed by atoms with Crippen LogP contribution in [0, 0.1) is 5.92 Å². The van der Waals surface area contributed by atoms with E-state index < -0.39 is 0 Å². The smallest absolute Gasteiger partial charge is 0.00676 e. The first-order valence-electron chi connectivity index (χ1n) is 10.5. The van der Waals surface area contributed by atoms with Crippen LogP contribution in [0.1, 0.15) is 43.2 Å². The monoisotopic (exact) mass is 367 g/mol. The lowest BCUT2D eigenvalue weighted by molar-refractivity contribution is 0.397. The van der Waals surface area contributed by atoms with Crippen LogP contribution in [0.2, 0.25) is 0 Å². The van der Waals surface area contributed by atoms with Crippen molar-refractivity contribution in [2.45, 2.75) is 51.0 Å². The van der Waals surface area contributed by atoms with E-state index in [0.29, 0.717) is 12.0 Å². The van der Waals surface area contributed by atoms with Gasteiger partial charge < -0.3 is 16.8 Å². The van der Waals surface area contributed by atoms with Crippen LogP contribution in [0.3, 0.4) is 0 Å². The van der Waals surface area contributed by atoms with Crippen LogP contribution in [0.25, 0.3) is 0 Å². The van der Waals surface area contributed by atoms with E-state index >= 15 is 0 Å². The van der Waals surface area contributed by atoms with Crippen LogP contribution in [0.4, 0.5) is 0 Å². The molecular weight excluding hydrogens is 330 g/mol. The molecule has 148 valence electrons. The van der Waals surface area contributed by atoms with E-state index in [1.807, 2.05) is 0 Å². The molecule has 0 aliphatic rings. The summed E-state index contributed by atoms with van der Waals surface area (Å²) >= 11 is 0. The third kappa shape index (κ3) is 9.18. The zero-order chi connectivity index (χ0) is 19.2. The molecule has 2 rings (SSSR count). The van der Waals surface area contributed by atoms with E-state index in [1.54, 1.807) is 0 Å². The summed E-state index contributed by atoms with van der Waals surface area (Å²) in [5.41, 5.74) is 14.6. The lowest BCUT2D eigenvalue weighted by Gasteiger charge is -2.21. The van der Waals surface area contributed by atoms with E-state index in [2.05, 4.69) is 66.0 Å². The Morgan fingerprint density at radius 1 is 0.741 bits per heavy atom. The molecule has 3 heteroatoms. The molecule has 27 heavy (non-hydrogen) atoms. The largest absolute Gasteiger partial charge is 0.330 e. The molecule has 0 aliphatic heterocycles. The average Bonchev–Trinajstić information content (AvgIpc) is 2.72. The number of hydrogen-bond donors (Lipinski definition) is 3. The van der Waals surface area contributed by atoms with Gasteiger partial charge in [0.1, 0.15) is 0 Å². The second kappa shape index (κ2) is 13.5. The minimum absolute atomic E-state index is 0.562. The Bertz CT molecular complexity index is 585. The van der Waals surface area contributed by atoms with Crippen molar-refractivity contribution in [1.29, 1.82) is 0 Å². The Balaban J connectivity index is 1.71. The highest BCUT2D eigenvalue weighted by molar-refractivity contribution is 5.15. The minimum Gasteiger partial charge on any atom is -0.330 e. The summed E-state index contributed by atoms with van der Waals surface area (Å²) in [6, 6.07) is 22.0. The Morgan fingerprint density at radius 2 is 1.37 bits per heavy atom. The SMILES string of the molecule is NCCC[C@@H](CCC[C@H](CN)Cc1ccccc1)NCCc1ccccc1. The van der Waals surface area contributed by atoms with Gasteiger partial charge in [0, 0.05) is 6.04 Å². The number of benzene rings is 2. The van der Waals surface area contributed by atoms with Crippen molar-refractivity contribution < 1.29 is 0 Å². The molecule has 0 radical (unpaired) electrons. The number of nitrogens with one attached hydrogen (secondary N) is 1. The molecule has 0 spiro atoms. The molecule has 0 amide bonds. The first kappa shape index (κ1) is 21.6.